The summed E-state index contributed by atoms with van der Waals surface area (Å²) in [4.78, 5) is 4.62. The highest BCUT2D eigenvalue weighted by Gasteiger charge is 2.14. The molecule has 0 saturated carbocycles. The predicted octanol–water partition coefficient (Wildman–Crippen LogP) is 4.98. The molecule has 1 aromatic heterocycles. The van der Waals surface area contributed by atoms with Gasteiger partial charge in [-0.3, -0.25) is 4.98 Å². The van der Waals surface area contributed by atoms with Crippen molar-refractivity contribution in [2.24, 2.45) is 5.92 Å². The van der Waals surface area contributed by atoms with Gasteiger partial charge in [0.15, 0.2) is 0 Å². The third kappa shape index (κ3) is 3.62. The molecule has 0 bridgehead atoms. The van der Waals surface area contributed by atoms with Crippen LogP contribution in [0.1, 0.15) is 61.1 Å². The fourth-order valence-corrected chi connectivity index (χ4v) is 5.02. The summed E-state index contributed by atoms with van der Waals surface area (Å²) in [5.74, 6) is 1.19. The van der Waals surface area contributed by atoms with Gasteiger partial charge in [0.25, 0.3) is 0 Å². The maximum Gasteiger partial charge on any atom is 0.0429 e. The van der Waals surface area contributed by atoms with E-state index in [0.717, 1.165) is 19.3 Å². The van der Waals surface area contributed by atoms with Crippen molar-refractivity contribution in [2.45, 2.75) is 58.8 Å². The lowest BCUT2D eigenvalue weighted by molar-refractivity contribution is 0.656. The van der Waals surface area contributed by atoms with Gasteiger partial charge in [-0.25, -0.2) is 0 Å². The zero-order valence-electron chi connectivity index (χ0n) is 18.4. The van der Waals surface area contributed by atoms with E-state index in [0.29, 0.717) is 11.8 Å². The lowest BCUT2D eigenvalue weighted by atomic mass is 9.85. The average molecular weight is 394 g/mol. The van der Waals surface area contributed by atoms with Crippen molar-refractivity contribution in [1.29, 1.82) is 0 Å². The molecule has 0 amide bonds. The van der Waals surface area contributed by atoms with Gasteiger partial charge in [-0.05, 0) is 93.1 Å². The average Bonchev–Trinajstić information content (AvgIpc) is 2.77. The standard InChI is InChI=1S/C29H31N/c1-19(2)29-15-8-22(18-30-29)6-5-21-7-12-26-24(17-21)10-14-27-25-11-4-20(3)16-23(25)9-13-28(26)27/h7-10,12-13,15-20H,4-6,11,14H2,1-3H3. The zero-order valence-corrected chi connectivity index (χ0v) is 18.4. The van der Waals surface area contributed by atoms with Gasteiger partial charge in [0.1, 0.15) is 0 Å². The minimum absolute atomic E-state index is 0.491. The summed E-state index contributed by atoms with van der Waals surface area (Å²) < 4.78 is 0. The van der Waals surface area contributed by atoms with E-state index in [1.807, 2.05) is 0 Å². The largest absolute Gasteiger partial charge is 0.261 e. The quantitative estimate of drug-likeness (QED) is 0.609. The molecule has 1 atom stereocenters. The minimum atomic E-state index is 0.491. The van der Waals surface area contributed by atoms with Crippen LogP contribution in [0, 0.1) is 16.4 Å². The maximum atomic E-state index is 4.62. The number of benzene rings is 2. The number of aryl methyl sites for hydroxylation is 2. The van der Waals surface area contributed by atoms with Crippen molar-refractivity contribution in [3.8, 4) is 0 Å². The monoisotopic (exact) mass is 393 g/mol. The lowest BCUT2D eigenvalue weighted by Gasteiger charge is -2.19. The molecular weight excluding hydrogens is 362 g/mol. The highest BCUT2D eigenvalue weighted by atomic mass is 14.7. The third-order valence-electron chi connectivity index (χ3n) is 6.85. The van der Waals surface area contributed by atoms with E-state index < -0.39 is 0 Å². The topological polar surface area (TPSA) is 12.9 Å². The van der Waals surface area contributed by atoms with Crippen LogP contribution >= 0.6 is 0 Å². The number of pyridine rings is 1. The van der Waals surface area contributed by atoms with Gasteiger partial charge in [0, 0.05) is 11.9 Å². The first-order chi connectivity index (χ1) is 14.6. The second-order valence-electron chi connectivity index (χ2n) is 9.42. The number of nitrogens with zero attached hydrogens (tertiary/aromatic N) is 1. The van der Waals surface area contributed by atoms with E-state index in [9.17, 15) is 0 Å². The number of hydrogen-bond donors (Lipinski definition) is 0. The van der Waals surface area contributed by atoms with E-state index in [2.05, 4.69) is 86.6 Å². The van der Waals surface area contributed by atoms with Crippen molar-refractivity contribution in [2.75, 3.05) is 0 Å². The van der Waals surface area contributed by atoms with Gasteiger partial charge in [-0.15, -0.1) is 0 Å². The maximum absolute atomic E-state index is 4.62. The summed E-state index contributed by atoms with van der Waals surface area (Å²) in [6, 6.07) is 16.2. The van der Waals surface area contributed by atoms with Gasteiger partial charge < -0.3 is 0 Å². The Bertz CT molecular complexity index is 1300. The molecule has 0 fully saturated rings. The summed E-state index contributed by atoms with van der Waals surface area (Å²) in [6.45, 7) is 6.72. The van der Waals surface area contributed by atoms with Crippen molar-refractivity contribution in [1.82, 2.24) is 4.98 Å². The van der Waals surface area contributed by atoms with E-state index in [4.69, 9.17) is 0 Å². The molecule has 0 spiro atoms. The van der Waals surface area contributed by atoms with Crippen LogP contribution in [0.2, 0.25) is 0 Å². The van der Waals surface area contributed by atoms with Gasteiger partial charge in [-0.1, -0.05) is 69.3 Å². The smallest absolute Gasteiger partial charge is 0.0429 e. The first kappa shape index (κ1) is 19.3. The Kier molecular flexibility index (Phi) is 5.06. The minimum Gasteiger partial charge on any atom is -0.261 e. The molecule has 0 N–H and O–H groups in total. The molecular formula is C29H31N. The summed E-state index contributed by atoms with van der Waals surface area (Å²) >= 11 is 0. The lowest BCUT2D eigenvalue weighted by Crippen LogP contribution is -2.22. The molecule has 1 heterocycles. The van der Waals surface area contributed by atoms with E-state index in [-0.39, 0.29) is 0 Å². The summed E-state index contributed by atoms with van der Waals surface area (Å²) in [6.07, 6.45) is 12.6. The van der Waals surface area contributed by atoms with Gasteiger partial charge in [-0.2, -0.15) is 0 Å². The highest BCUT2D eigenvalue weighted by Crippen LogP contribution is 2.20. The van der Waals surface area contributed by atoms with Gasteiger partial charge >= 0.3 is 0 Å². The number of rotatable bonds is 4. The van der Waals surface area contributed by atoms with Crippen molar-refractivity contribution < 1.29 is 0 Å². The van der Waals surface area contributed by atoms with Crippen LogP contribution in [-0.2, 0) is 25.7 Å². The molecule has 0 saturated heterocycles. The fourth-order valence-electron chi connectivity index (χ4n) is 5.02. The van der Waals surface area contributed by atoms with Crippen molar-refractivity contribution in [3.63, 3.8) is 0 Å². The zero-order chi connectivity index (χ0) is 20.7. The van der Waals surface area contributed by atoms with Crippen LogP contribution in [0.4, 0.5) is 0 Å². The summed E-state index contributed by atoms with van der Waals surface area (Å²) in [5, 5.41) is 5.73. The molecule has 2 aromatic carbocycles. The summed E-state index contributed by atoms with van der Waals surface area (Å²) in [7, 11) is 0. The first-order valence-corrected chi connectivity index (χ1v) is 11.5. The molecule has 1 nitrogen and oxygen atoms in total. The van der Waals surface area contributed by atoms with Crippen molar-refractivity contribution >= 4 is 12.2 Å². The first-order valence-electron chi connectivity index (χ1n) is 11.5. The molecule has 0 aliphatic heterocycles. The second kappa shape index (κ2) is 7.87. The molecule has 30 heavy (non-hydrogen) atoms. The Morgan fingerprint density at radius 1 is 0.900 bits per heavy atom. The van der Waals surface area contributed by atoms with Gasteiger partial charge in [0.05, 0.1) is 0 Å². The van der Waals surface area contributed by atoms with Crippen LogP contribution < -0.4 is 10.4 Å². The highest BCUT2D eigenvalue weighted by molar-refractivity contribution is 5.48. The van der Waals surface area contributed by atoms with Crippen LogP contribution in [0.5, 0.6) is 0 Å². The Labute approximate surface area is 179 Å². The van der Waals surface area contributed by atoms with Crippen LogP contribution in [0.3, 0.4) is 0 Å². The SMILES string of the molecule is CC1C=c2ccc3c(c2CC1)CC=c1cc(CCc2ccc(C(C)C)nc2)ccc1=3. The van der Waals surface area contributed by atoms with Crippen LogP contribution in [0.25, 0.3) is 12.2 Å². The molecule has 1 unspecified atom stereocenters. The van der Waals surface area contributed by atoms with E-state index >= 15 is 0 Å². The molecule has 2 aliphatic rings. The molecule has 2 aliphatic carbocycles. The Balaban J connectivity index is 1.46. The third-order valence-corrected chi connectivity index (χ3v) is 6.85. The number of hydrogen-bond acceptors (Lipinski definition) is 1. The van der Waals surface area contributed by atoms with E-state index in [1.165, 1.54) is 50.5 Å². The Morgan fingerprint density at radius 2 is 1.70 bits per heavy atom. The second-order valence-corrected chi connectivity index (χ2v) is 9.42. The molecule has 3 aromatic rings. The summed E-state index contributed by atoms with van der Waals surface area (Å²) in [5.41, 5.74) is 7.07. The Morgan fingerprint density at radius 3 is 2.50 bits per heavy atom. The normalized spacial score (nSPS) is 16.9. The van der Waals surface area contributed by atoms with E-state index in [1.54, 1.807) is 11.1 Å². The number of fused-ring (bicyclic) bond motifs is 4. The molecule has 0 radical (unpaired) electrons. The Hall–Kier alpha value is -2.67. The van der Waals surface area contributed by atoms with Crippen LogP contribution in [0.15, 0.2) is 48.7 Å². The fraction of sp³-hybridized carbons (Fsp3) is 0.345. The van der Waals surface area contributed by atoms with Gasteiger partial charge in [0.2, 0.25) is 0 Å². The molecule has 152 valence electrons. The predicted molar refractivity (Wildman–Crippen MR) is 126 cm³/mol. The molecule has 5 rings (SSSR count). The van der Waals surface area contributed by atoms with Crippen LogP contribution in [-0.4, -0.2) is 4.98 Å². The molecule has 1 heteroatoms. The number of aromatic nitrogens is 1. The van der Waals surface area contributed by atoms with Crippen molar-refractivity contribution in [3.05, 3.63) is 97.5 Å².